The van der Waals surface area contributed by atoms with Gasteiger partial charge < -0.3 is 14.4 Å². The van der Waals surface area contributed by atoms with Crippen molar-refractivity contribution in [2.24, 2.45) is 0 Å². The van der Waals surface area contributed by atoms with Crippen molar-refractivity contribution >= 4 is 17.2 Å². The van der Waals surface area contributed by atoms with Gasteiger partial charge in [-0.15, -0.1) is 11.3 Å². The van der Waals surface area contributed by atoms with E-state index in [1.165, 1.54) is 10.7 Å². The molecule has 1 aromatic carbocycles. The van der Waals surface area contributed by atoms with Gasteiger partial charge in [0, 0.05) is 24.0 Å². The smallest absolute Gasteiger partial charge is 0.267 e. The molecule has 2 aromatic heterocycles. The van der Waals surface area contributed by atoms with Crippen molar-refractivity contribution in [1.29, 1.82) is 0 Å². The van der Waals surface area contributed by atoms with Gasteiger partial charge in [-0.2, -0.15) is 5.10 Å². The Labute approximate surface area is 179 Å². The van der Waals surface area contributed by atoms with Crippen LogP contribution in [0.2, 0.25) is 0 Å². The van der Waals surface area contributed by atoms with Gasteiger partial charge >= 0.3 is 0 Å². The number of amides is 1. The first-order valence-corrected chi connectivity index (χ1v) is 10.4. The molecule has 0 saturated heterocycles. The molecule has 0 atom stereocenters. The number of methoxy groups -OCH3 is 2. The molecule has 0 radical (unpaired) electrons. The van der Waals surface area contributed by atoms with Crippen molar-refractivity contribution in [3.63, 3.8) is 0 Å². The third-order valence-electron chi connectivity index (χ3n) is 4.70. The molecule has 0 bridgehead atoms. The number of thiophene rings is 1. The van der Waals surface area contributed by atoms with E-state index in [-0.39, 0.29) is 18.0 Å². The van der Waals surface area contributed by atoms with Gasteiger partial charge in [-0.05, 0) is 49.7 Å². The second-order valence-corrected chi connectivity index (χ2v) is 8.01. The molecular formula is C22H25N3O4S. The van der Waals surface area contributed by atoms with Crippen molar-refractivity contribution in [2.45, 2.75) is 26.9 Å². The molecule has 0 N–H and O–H groups in total. The van der Waals surface area contributed by atoms with E-state index in [4.69, 9.17) is 9.47 Å². The average molecular weight is 428 g/mol. The summed E-state index contributed by atoms with van der Waals surface area (Å²) in [4.78, 5) is 29.0. The number of aromatic nitrogens is 2. The summed E-state index contributed by atoms with van der Waals surface area (Å²) in [6.45, 7) is 4.71. The summed E-state index contributed by atoms with van der Waals surface area (Å²) in [7, 11) is 3.15. The van der Waals surface area contributed by atoms with E-state index in [0.29, 0.717) is 30.3 Å². The summed E-state index contributed by atoms with van der Waals surface area (Å²) in [5.41, 5.74) is 1.29. The zero-order valence-electron chi connectivity index (χ0n) is 17.5. The molecule has 0 unspecified atom stereocenters. The maximum Gasteiger partial charge on any atom is 0.267 e. The van der Waals surface area contributed by atoms with Gasteiger partial charge in [0.25, 0.3) is 5.56 Å². The van der Waals surface area contributed by atoms with Gasteiger partial charge in [-0.1, -0.05) is 6.07 Å². The van der Waals surface area contributed by atoms with Crippen LogP contribution in [0.5, 0.6) is 11.5 Å². The second-order valence-electron chi connectivity index (χ2n) is 6.72. The molecule has 30 heavy (non-hydrogen) atoms. The lowest BCUT2D eigenvalue weighted by Crippen LogP contribution is -2.36. The predicted molar refractivity (Wildman–Crippen MR) is 117 cm³/mol. The third-order valence-corrected chi connectivity index (χ3v) is 5.72. The highest BCUT2D eigenvalue weighted by Gasteiger charge is 2.16. The molecule has 0 spiro atoms. The van der Waals surface area contributed by atoms with Crippen molar-refractivity contribution in [3.8, 4) is 22.1 Å². The number of benzene rings is 1. The number of nitrogens with zero attached hydrogens (tertiary/aromatic N) is 3. The first-order valence-electron chi connectivity index (χ1n) is 9.58. The number of rotatable bonds is 8. The molecular weight excluding hydrogens is 402 g/mol. The van der Waals surface area contributed by atoms with Crippen LogP contribution in [-0.4, -0.2) is 41.4 Å². The summed E-state index contributed by atoms with van der Waals surface area (Å²) in [5, 5.41) is 4.40. The number of carbonyl (C=O) groups excluding carboxylic acids is 1. The maximum absolute atomic E-state index is 12.9. The van der Waals surface area contributed by atoms with Gasteiger partial charge in [-0.25, -0.2) is 4.68 Å². The zero-order chi connectivity index (χ0) is 21.7. The van der Waals surface area contributed by atoms with Crippen LogP contribution in [0, 0.1) is 6.92 Å². The molecule has 7 nitrogen and oxygen atoms in total. The lowest BCUT2D eigenvalue weighted by Gasteiger charge is -2.22. The first kappa shape index (κ1) is 21.6. The predicted octanol–water partition coefficient (Wildman–Crippen LogP) is 3.35. The van der Waals surface area contributed by atoms with Crippen LogP contribution in [0.25, 0.3) is 10.6 Å². The monoisotopic (exact) mass is 427 g/mol. The average Bonchev–Trinajstić information content (AvgIpc) is 3.19. The van der Waals surface area contributed by atoms with Crippen LogP contribution in [0.3, 0.4) is 0 Å². The highest BCUT2D eigenvalue weighted by molar-refractivity contribution is 7.15. The van der Waals surface area contributed by atoms with Crippen molar-refractivity contribution in [2.75, 3.05) is 20.8 Å². The van der Waals surface area contributed by atoms with E-state index < -0.39 is 0 Å². The van der Waals surface area contributed by atoms with Gasteiger partial charge in [0.1, 0.15) is 12.2 Å². The standard InChI is InChI=1S/C22H25N3O4S/c1-5-24(13-16-7-9-18(28-3)19(12-16)29-4)22(27)14-25-21(26)11-8-17(23-25)20-10-6-15(2)30-20/h6-12H,5,13-14H2,1-4H3. The van der Waals surface area contributed by atoms with E-state index in [1.54, 1.807) is 36.5 Å². The van der Waals surface area contributed by atoms with E-state index in [9.17, 15) is 9.59 Å². The largest absolute Gasteiger partial charge is 0.493 e. The minimum absolute atomic E-state index is 0.113. The molecule has 0 saturated carbocycles. The van der Waals surface area contributed by atoms with E-state index in [0.717, 1.165) is 15.3 Å². The highest BCUT2D eigenvalue weighted by Crippen LogP contribution is 2.28. The van der Waals surface area contributed by atoms with Crippen LogP contribution >= 0.6 is 11.3 Å². The van der Waals surface area contributed by atoms with Crippen LogP contribution < -0.4 is 15.0 Å². The maximum atomic E-state index is 12.9. The summed E-state index contributed by atoms with van der Waals surface area (Å²) in [5.74, 6) is 1.06. The van der Waals surface area contributed by atoms with Gasteiger partial charge in [-0.3, -0.25) is 9.59 Å². The number of hydrogen-bond donors (Lipinski definition) is 0. The summed E-state index contributed by atoms with van der Waals surface area (Å²) < 4.78 is 11.8. The first-order chi connectivity index (χ1) is 14.4. The lowest BCUT2D eigenvalue weighted by atomic mass is 10.2. The van der Waals surface area contributed by atoms with E-state index in [1.807, 2.05) is 44.2 Å². The van der Waals surface area contributed by atoms with E-state index >= 15 is 0 Å². The molecule has 0 aliphatic heterocycles. The molecule has 0 fully saturated rings. The molecule has 0 aliphatic carbocycles. The molecule has 3 aromatic rings. The number of ether oxygens (including phenoxy) is 2. The van der Waals surface area contributed by atoms with Crippen LogP contribution in [-0.2, 0) is 17.9 Å². The summed E-state index contributed by atoms with van der Waals surface area (Å²) >= 11 is 1.60. The fraction of sp³-hybridized carbons (Fsp3) is 0.318. The Balaban J connectivity index is 1.78. The number of carbonyl (C=O) groups is 1. The third kappa shape index (κ3) is 4.88. The van der Waals surface area contributed by atoms with Gasteiger partial charge in [0.15, 0.2) is 11.5 Å². The van der Waals surface area contributed by atoms with Crippen LogP contribution in [0.1, 0.15) is 17.4 Å². The van der Waals surface area contributed by atoms with Crippen LogP contribution in [0.4, 0.5) is 0 Å². The lowest BCUT2D eigenvalue weighted by molar-refractivity contribution is -0.132. The Morgan fingerprint density at radius 3 is 2.50 bits per heavy atom. The molecule has 8 heteroatoms. The SMILES string of the molecule is CCN(Cc1ccc(OC)c(OC)c1)C(=O)Cn1nc(-c2ccc(C)s2)ccc1=O. The number of aryl methyl sites for hydroxylation is 1. The highest BCUT2D eigenvalue weighted by atomic mass is 32.1. The summed E-state index contributed by atoms with van der Waals surface area (Å²) in [6.07, 6.45) is 0. The Kier molecular flexibility index (Phi) is 6.89. The van der Waals surface area contributed by atoms with Crippen molar-refractivity contribution in [3.05, 3.63) is 63.3 Å². The minimum Gasteiger partial charge on any atom is -0.493 e. The van der Waals surface area contributed by atoms with Crippen LogP contribution in [0.15, 0.2) is 47.3 Å². The minimum atomic E-state index is -0.303. The molecule has 0 aliphatic rings. The fourth-order valence-corrected chi connectivity index (χ4v) is 3.90. The molecule has 3 rings (SSSR count). The van der Waals surface area contributed by atoms with Gasteiger partial charge in [0.2, 0.25) is 5.91 Å². The molecule has 158 valence electrons. The second kappa shape index (κ2) is 9.58. The number of hydrogen-bond acceptors (Lipinski definition) is 6. The molecule has 2 heterocycles. The Morgan fingerprint density at radius 1 is 1.10 bits per heavy atom. The normalized spacial score (nSPS) is 10.7. The fourth-order valence-electron chi connectivity index (χ4n) is 3.07. The zero-order valence-corrected chi connectivity index (χ0v) is 18.4. The Hall–Kier alpha value is -3.13. The van der Waals surface area contributed by atoms with Gasteiger partial charge in [0.05, 0.1) is 19.1 Å². The van der Waals surface area contributed by atoms with Crippen molar-refractivity contribution in [1.82, 2.24) is 14.7 Å². The Morgan fingerprint density at radius 2 is 1.87 bits per heavy atom. The summed E-state index contributed by atoms with van der Waals surface area (Å²) in [6, 6.07) is 12.7. The van der Waals surface area contributed by atoms with Crippen molar-refractivity contribution < 1.29 is 14.3 Å². The molecule has 1 amide bonds. The topological polar surface area (TPSA) is 73.7 Å². The number of likely N-dealkylation sites (N-methyl/N-ethyl adjacent to an activating group) is 1. The quantitative estimate of drug-likeness (QED) is 0.551. The van der Waals surface area contributed by atoms with E-state index in [2.05, 4.69) is 5.10 Å². The Bertz CT molecular complexity index is 1090.